The summed E-state index contributed by atoms with van der Waals surface area (Å²) in [5.74, 6) is 1.66. The zero-order valence-corrected chi connectivity index (χ0v) is 12.4. The molecule has 1 unspecified atom stereocenters. The number of alkyl halides is 1. The fourth-order valence-corrected chi connectivity index (χ4v) is 2.41. The number of carbonyl (C=O) groups is 1. The van der Waals surface area contributed by atoms with E-state index in [1.165, 1.54) is 0 Å². The Kier molecular flexibility index (Phi) is 10.7. The third kappa shape index (κ3) is 7.64. The number of amides is 1. The van der Waals surface area contributed by atoms with E-state index in [1.807, 2.05) is 0 Å². The number of halogens is 1. The van der Waals surface area contributed by atoms with Gasteiger partial charge in [0.1, 0.15) is 0 Å². The lowest BCUT2D eigenvalue weighted by atomic mass is 9.96. The van der Waals surface area contributed by atoms with Crippen molar-refractivity contribution in [1.82, 2.24) is 5.32 Å². The zero-order valence-electron chi connectivity index (χ0n) is 11.6. The number of carbonyl (C=O) groups excluding carboxylic acids is 1. The van der Waals surface area contributed by atoms with Crippen LogP contribution in [0.3, 0.4) is 0 Å². The van der Waals surface area contributed by atoms with Crippen LogP contribution in [0.5, 0.6) is 0 Å². The molecule has 0 aromatic heterocycles. The molecule has 3 heteroatoms. The molecule has 0 aliphatic rings. The van der Waals surface area contributed by atoms with Crippen LogP contribution in [-0.4, -0.2) is 18.3 Å². The molecule has 0 saturated carbocycles. The molecule has 0 heterocycles. The zero-order chi connectivity index (χ0) is 13.1. The van der Waals surface area contributed by atoms with Gasteiger partial charge in [0.2, 0.25) is 5.91 Å². The lowest BCUT2D eigenvalue weighted by Gasteiger charge is -2.18. The molecule has 0 aliphatic heterocycles. The van der Waals surface area contributed by atoms with Gasteiger partial charge >= 0.3 is 0 Å². The predicted molar refractivity (Wildman–Crippen MR) is 75.4 cm³/mol. The summed E-state index contributed by atoms with van der Waals surface area (Å²) in [7, 11) is 0. The van der Waals surface area contributed by atoms with Crippen molar-refractivity contribution in [2.24, 2.45) is 11.8 Å². The van der Waals surface area contributed by atoms with E-state index in [-0.39, 0.29) is 11.8 Å². The minimum absolute atomic E-state index is 0.207. The molecule has 102 valence electrons. The molecule has 0 fully saturated rings. The van der Waals surface area contributed by atoms with E-state index in [0.717, 1.165) is 45.1 Å². The first-order valence-electron chi connectivity index (χ1n) is 7.03. The molecular weight excluding hydrogens is 234 g/mol. The summed E-state index contributed by atoms with van der Waals surface area (Å²) in [6.45, 7) is 7.21. The van der Waals surface area contributed by atoms with Crippen LogP contribution in [0.15, 0.2) is 0 Å². The van der Waals surface area contributed by atoms with Crippen molar-refractivity contribution in [3.8, 4) is 0 Å². The topological polar surface area (TPSA) is 29.1 Å². The van der Waals surface area contributed by atoms with Crippen LogP contribution < -0.4 is 5.32 Å². The van der Waals surface area contributed by atoms with Crippen LogP contribution >= 0.6 is 11.6 Å². The molecule has 0 radical (unpaired) electrons. The highest BCUT2D eigenvalue weighted by Crippen LogP contribution is 2.14. The van der Waals surface area contributed by atoms with Gasteiger partial charge in [-0.3, -0.25) is 4.79 Å². The summed E-state index contributed by atoms with van der Waals surface area (Å²) in [5, 5.41) is 3.09. The van der Waals surface area contributed by atoms with Crippen LogP contribution in [0.1, 0.15) is 59.3 Å². The van der Waals surface area contributed by atoms with Crippen molar-refractivity contribution >= 4 is 17.5 Å². The first kappa shape index (κ1) is 16.8. The van der Waals surface area contributed by atoms with Gasteiger partial charge in [-0.25, -0.2) is 0 Å². The number of nitrogens with one attached hydrogen (secondary N) is 1. The number of rotatable bonds is 10. The van der Waals surface area contributed by atoms with Crippen molar-refractivity contribution < 1.29 is 4.79 Å². The van der Waals surface area contributed by atoms with E-state index in [1.54, 1.807) is 0 Å². The van der Waals surface area contributed by atoms with E-state index in [4.69, 9.17) is 11.6 Å². The van der Waals surface area contributed by atoms with Gasteiger partial charge in [-0.2, -0.15) is 0 Å². The van der Waals surface area contributed by atoms with Gasteiger partial charge in [0.15, 0.2) is 0 Å². The number of hydrogen-bond donors (Lipinski definition) is 1. The molecule has 1 N–H and O–H groups in total. The van der Waals surface area contributed by atoms with E-state index < -0.39 is 0 Å². The summed E-state index contributed by atoms with van der Waals surface area (Å²) in [6, 6.07) is 0. The minimum Gasteiger partial charge on any atom is -0.356 e. The highest BCUT2D eigenvalue weighted by Gasteiger charge is 2.17. The Labute approximate surface area is 111 Å². The van der Waals surface area contributed by atoms with Gasteiger partial charge < -0.3 is 5.32 Å². The summed E-state index contributed by atoms with van der Waals surface area (Å²) < 4.78 is 0. The van der Waals surface area contributed by atoms with Crippen LogP contribution in [-0.2, 0) is 4.79 Å². The molecule has 1 amide bonds. The average molecular weight is 262 g/mol. The molecule has 0 bridgehead atoms. The maximum atomic E-state index is 12.0. The second-order valence-corrected chi connectivity index (χ2v) is 5.15. The van der Waals surface area contributed by atoms with Crippen molar-refractivity contribution in [2.45, 2.75) is 59.3 Å². The molecule has 0 rings (SSSR count). The maximum Gasteiger partial charge on any atom is 0.223 e. The average Bonchev–Trinajstić information content (AvgIpc) is 2.33. The molecular formula is C14H28ClNO. The van der Waals surface area contributed by atoms with Gasteiger partial charge in [-0.15, -0.1) is 11.6 Å². The molecule has 0 aromatic rings. The second kappa shape index (κ2) is 10.9. The van der Waals surface area contributed by atoms with Gasteiger partial charge in [0, 0.05) is 18.3 Å². The Hall–Kier alpha value is -0.240. The van der Waals surface area contributed by atoms with Crippen molar-refractivity contribution in [1.29, 1.82) is 0 Å². The minimum atomic E-state index is 0.207. The third-order valence-electron chi connectivity index (χ3n) is 3.30. The molecule has 0 aromatic carbocycles. The van der Waals surface area contributed by atoms with Gasteiger partial charge in [-0.1, -0.05) is 40.0 Å². The van der Waals surface area contributed by atoms with Gasteiger partial charge in [-0.05, 0) is 25.2 Å². The summed E-state index contributed by atoms with van der Waals surface area (Å²) in [5.41, 5.74) is 0. The fraction of sp³-hybridized carbons (Fsp3) is 0.929. The molecule has 0 spiro atoms. The monoisotopic (exact) mass is 261 g/mol. The Morgan fingerprint density at radius 1 is 1.12 bits per heavy atom. The summed E-state index contributed by atoms with van der Waals surface area (Å²) in [6.07, 6.45) is 6.25. The third-order valence-corrected chi connectivity index (χ3v) is 3.52. The van der Waals surface area contributed by atoms with Gasteiger partial charge in [0.25, 0.3) is 0 Å². The fourth-order valence-electron chi connectivity index (χ4n) is 2.10. The van der Waals surface area contributed by atoms with Crippen molar-refractivity contribution in [3.63, 3.8) is 0 Å². The number of hydrogen-bond acceptors (Lipinski definition) is 1. The van der Waals surface area contributed by atoms with E-state index in [0.29, 0.717) is 11.8 Å². The summed E-state index contributed by atoms with van der Waals surface area (Å²) >= 11 is 5.74. The Bertz CT molecular complexity index is 191. The maximum absolute atomic E-state index is 12.0. The standard InChI is InChI=1S/C14H28ClNO/c1-4-7-13(8-5-2)14(17)16-11-12(6-3)9-10-15/h12-13H,4-11H2,1-3H3,(H,16,17). The van der Waals surface area contributed by atoms with E-state index in [9.17, 15) is 4.79 Å². The van der Waals surface area contributed by atoms with Crippen LogP contribution in [0.4, 0.5) is 0 Å². The highest BCUT2D eigenvalue weighted by molar-refractivity contribution is 6.17. The smallest absolute Gasteiger partial charge is 0.223 e. The molecule has 17 heavy (non-hydrogen) atoms. The van der Waals surface area contributed by atoms with Gasteiger partial charge in [0.05, 0.1) is 0 Å². The van der Waals surface area contributed by atoms with Crippen molar-refractivity contribution in [3.05, 3.63) is 0 Å². The first-order valence-corrected chi connectivity index (χ1v) is 7.56. The van der Waals surface area contributed by atoms with Crippen LogP contribution in [0.25, 0.3) is 0 Å². The predicted octanol–water partition coefficient (Wildman–Crippen LogP) is 3.97. The first-order chi connectivity index (χ1) is 8.19. The quantitative estimate of drug-likeness (QED) is 0.593. The summed E-state index contributed by atoms with van der Waals surface area (Å²) in [4.78, 5) is 12.0. The molecule has 0 aliphatic carbocycles. The van der Waals surface area contributed by atoms with E-state index >= 15 is 0 Å². The highest BCUT2D eigenvalue weighted by atomic mass is 35.5. The molecule has 2 nitrogen and oxygen atoms in total. The largest absolute Gasteiger partial charge is 0.356 e. The second-order valence-electron chi connectivity index (χ2n) is 4.77. The van der Waals surface area contributed by atoms with Crippen LogP contribution in [0.2, 0.25) is 0 Å². The Morgan fingerprint density at radius 2 is 1.71 bits per heavy atom. The van der Waals surface area contributed by atoms with Crippen LogP contribution in [0, 0.1) is 11.8 Å². The lowest BCUT2D eigenvalue weighted by Crippen LogP contribution is -2.34. The molecule has 1 atom stereocenters. The molecule has 0 saturated heterocycles. The SMILES string of the molecule is CCCC(CCC)C(=O)NCC(CC)CCCl. The lowest BCUT2D eigenvalue weighted by molar-refractivity contribution is -0.125. The Balaban J connectivity index is 4.02. The normalized spacial score (nSPS) is 12.8. The van der Waals surface area contributed by atoms with Crippen molar-refractivity contribution in [2.75, 3.05) is 12.4 Å². The van der Waals surface area contributed by atoms with E-state index in [2.05, 4.69) is 26.1 Å². The Morgan fingerprint density at radius 3 is 2.12 bits per heavy atom.